The van der Waals surface area contributed by atoms with Crippen molar-refractivity contribution in [3.63, 3.8) is 0 Å². The first kappa shape index (κ1) is 13.1. The summed E-state index contributed by atoms with van der Waals surface area (Å²) < 4.78 is 0. The van der Waals surface area contributed by atoms with Crippen LogP contribution in [0.1, 0.15) is 24.8 Å². The molecule has 18 heavy (non-hydrogen) atoms. The van der Waals surface area contributed by atoms with Crippen molar-refractivity contribution in [1.29, 1.82) is 0 Å². The summed E-state index contributed by atoms with van der Waals surface area (Å²) >= 11 is 0. The fourth-order valence-electron chi connectivity index (χ4n) is 2.21. The van der Waals surface area contributed by atoms with Crippen LogP contribution in [0.5, 0.6) is 0 Å². The molecule has 0 unspecified atom stereocenters. The predicted molar refractivity (Wildman–Crippen MR) is 74.2 cm³/mol. The van der Waals surface area contributed by atoms with Crippen LogP contribution in [0.25, 0.3) is 0 Å². The van der Waals surface area contributed by atoms with E-state index in [1.54, 1.807) is 0 Å². The van der Waals surface area contributed by atoms with Crippen molar-refractivity contribution >= 4 is 0 Å². The number of rotatable bonds is 3. The van der Waals surface area contributed by atoms with E-state index in [1.165, 1.54) is 5.56 Å². The van der Waals surface area contributed by atoms with Gasteiger partial charge in [0.1, 0.15) is 0 Å². The molecule has 0 bridgehead atoms. The quantitative estimate of drug-likeness (QED) is 0.822. The van der Waals surface area contributed by atoms with E-state index in [-0.39, 0.29) is 6.10 Å². The van der Waals surface area contributed by atoms with Crippen molar-refractivity contribution < 1.29 is 5.11 Å². The molecule has 2 nitrogen and oxygen atoms in total. The van der Waals surface area contributed by atoms with E-state index in [0.29, 0.717) is 0 Å². The van der Waals surface area contributed by atoms with Crippen molar-refractivity contribution in [3.05, 3.63) is 35.9 Å². The van der Waals surface area contributed by atoms with Crippen molar-refractivity contribution in [2.24, 2.45) is 0 Å². The van der Waals surface area contributed by atoms with Crippen molar-refractivity contribution in [2.75, 3.05) is 19.6 Å². The molecular formula is C16H21NO. The number of benzene rings is 1. The Balaban J connectivity index is 1.64. The maximum Gasteiger partial charge on any atom is 0.0564 e. The molecule has 0 spiro atoms. The van der Waals surface area contributed by atoms with Gasteiger partial charge in [-0.3, -0.25) is 0 Å². The van der Waals surface area contributed by atoms with Crippen molar-refractivity contribution in [3.8, 4) is 11.8 Å². The fourth-order valence-corrected chi connectivity index (χ4v) is 2.21. The second-order valence-corrected chi connectivity index (χ2v) is 4.84. The highest BCUT2D eigenvalue weighted by Gasteiger charge is 2.15. The topological polar surface area (TPSA) is 23.5 Å². The highest BCUT2D eigenvalue weighted by Crippen LogP contribution is 2.09. The van der Waals surface area contributed by atoms with Gasteiger partial charge in [-0.2, -0.15) is 0 Å². The predicted octanol–water partition coefficient (Wildman–Crippen LogP) is 2.08. The number of hydrogen-bond acceptors (Lipinski definition) is 2. The smallest absolute Gasteiger partial charge is 0.0564 e. The van der Waals surface area contributed by atoms with Crippen molar-refractivity contribution in [2.45, 2.75) is 31.8 Å². The molecule has 0 saturated carbocycles. The van der Waals surface area contributed by atoms with E-state index in [0.717, 1.165) is 45.3 Å². The Morgan fingerprint density at radius 3 is 2.56 bits per heavy atom. The molecule has 1 saturated heterocycles. The summed E-state index contributed by atoms with van der Waals surface area (Å²) in [5.74, 6) is 6.46. The van der Waals surface area contributed by atoms with E-state index >= 15 is 0 Å². The monoisotopic (exact) mass is 243 g/mol. The largest absolute Gasteiger partial charge is 0.393 e. The first-order chi connectivity index (χ1) is 8.84. The van der Waals surface area contributed by atoms with E-state index in [4.69, 9.17) is 0 Å². The van der Waals surface area contributed by atoms with Gasteiger partial charge in [-0.25, -0.2) is 0 Å². The Hall–Kier alpha value is -1.30. The molecule has 2 heteroatoms. The summed E-state index contributed by atoms with van der Waals surface area (Å²) in [5.41, 5.74) is 1.28. The van der Waals surface area contributed by atoms with Gasteiger partial charge in [-0.1, -0.05) is 36.3 Å². The normalized spacial score (nSPS) is 17.2. The summed E-state index contributed by atoms with van der Waals surface area (Å²) in [7, 11) is 0. The Labute approximate surface area is 110 Å². The van der Waals surface area contributed by atoms with E-state index in [9.17, 15) is 5.11 Å². The summed E-state index contributed by atoms with van der Waals surface area (Å²) in [6.45, 7) is 3.07. The third kappa shape index (κ3) is 4.52. The lowest BCUT2D eigenvalue weighted by molar-refractivity contribution is 0.0837. The van der Waals surface area contributed by atoms with Gasteiger partial charge in [-0.15, -0.1) is 5.92 Å². The van der Waals surface area contributed by atoms with Gasteiger partial charge in [0.05, 0.1) is 6.10 Å². The zero-order chi connectivity index (χ0) is 12.6. The third-order valence-electron chi connectivity index (χ3n) is 3.37. The van der Waals surface area contributed by atoms with Crippen LogP contribution in [0.2, 0.25) is 0 Å². The van der Waals surface area contributed by atoms with Crippen LogP contribution >= 0.6 is 0 Å². The lowest BCUT2D eigenvalue weighted by Crippen LogP contribution is -2.36. The molecule has 1 aliphatic heterocycles. The molecular weight excluding hydrogens is 222 g/mol. The number of aliphatic hydroxyl groups is 1. The Kier molecular flexibility index (Phi) is 5.26. The maximum absolute atomic E-state index is 9.41. The molecule has 0 aromatic heterocycles. The molecule has 1 aromatic carbocycles. The fraction of sp³-hybridized carbons (Fsp3) is 0.500. The maximum atomic E-state index is 9.41. The summed E-state index contributed by atoms with van der Waals surface area (Å²) in [4.78, 5) is 2.39. The minimum atomic E-state index is -0.0783. The average molecular weight is 243 g/mol. The number of nitrogens with zero attached hydrogens (tertiary/aromatic N) is 1. The Morgan fingerprint density at radius 2 is 1.83 bits per heavy atom. The molecule has 0 aliphatic carbocycles. The highest BCUT2D eigenvalue weighted by molar-refractivity contribution is 5.20. The number of aliphatic hydroxyl groups excluding tert-OH is 1. The first-order valence-corrected chi connectivity index (χ1v) is 6.74. The van der Waals surface area contributed by atoms with Crippen LogP contribution in [-0.4, -0.2) is 35.7 Å². The van der Waals surface area contributed by atoms with Gasteiger partial charge in [0.15, 0.2) is 0 Å². The third-order valence-corrected chi connectivity index (χ3v) is 3.37. The highest BCUT2D eigenvalue weighted by atomic mass is 16.3. The van der Waals surface area contributed by atoms with Gasteiger partial charge in [0.2, 0.25) is 0 Å². The minimum absolute atomic E-state index is 0.0783. The van der Waals surface area contributed by atoms with Gasteiger partial charge >= 0.3 is 0 Å². The first-order valence-electron chi connectivity index (χ1n) is 6.74. The molecule has 0 atom stereocenters. The number of hydrogen-bond donors (Lipinski definition) is 1. The van der Waals surface area contributed by atoms with Crippen LogP contribution in [0.3, 0.4) is 0 Å². The van der Waals surface area contributed by atoms with Crippen LogP contribution in [-0.2, 0) is 6.42 Å². The van der Waals surface area contributed by atoms with E-state index < -0.39 is 0 Å². The Morgan fingerprint density at radius 1 is 1.11 bits per heavy atom. The molecule has 1 fully saturated rings. The molecule has 0 amide bonds. The summed E-state index contributed by atoms with van der Waals surface area (Å²) in [5, 5.41) is 9.41. The van der Waals surface area contributed by atoms with Gasteiger partial charge in [-0.05, 0) is 18.4 Å². The summed E-state index contributed by atoms with van der Waals surface area (Å²) in [6, 6.07) is 10.4. The van der Waals surface area contributed by atoms with Crippen LogP contribution in [0, 0.1) is 11.8 Å². The molecule has 1 aromatic rings. The zero-order valence-electron chi connectivity index (χ0n) is 10.8. The molecule has 1 aliphatic rings. The van der Waals surface area contributed by atoms with E-state index in [1.807, 2.05) is 6.07 Å². The standard InChI is InChI=1S/C16H21NO/c18-16-10-13-17(14-11-16)12-6-2-5-9-15-7-3-1-4-8-15/h1,3-4,7-8,16,18H,6,9-14H2. The molecule has 1 heterocycles. The SMILES string of the molecule is OC1CCN(CCC#CCc2ccccc2)CC1. The van der Waals surface area contributed by atoms with Crippen LogP contribution in [0.4, 0.5) is 0 Å². The molecule has 0 radical (unpaired) electrons. The van der Waals surface area contributed by atoms with Crippen LogP contribution < -0.4 is 0 Å². The van der Waals surface area contributed by atoms with Crippen molar-refractivity contribution in [1.82, 2.24) is 4.90 Å². The second-order valence-electron chi connectivity index (χ2n) is 4.84. The zero-order valence-corrected chi connectivity index (χ0v) is 10.8. The number of likely N-dealkylation sites (tertiary alicyclic amines) is 1. The lowest BCUT2D eigenvalue weighted by Gasteiger charge is -2.28. The molecule has 2 rings (SSSR count). The van der Waals surface area contributed by atoms with Gasteiger partial charge in [0.25, 0.3) is 0 Å². The van der Waals surface area contributed by atoms with Gasteiger partial charge < -0.3 is 10.0 Å². The molecule has 96 valence electrons. The Bertz CT molecular complexity index is 396. The lowest BCUT2D eigenvalue weighted by atomic mass is 10.1. The van der Waals surface area contributed by atoms with E-state index in [2.05, 4.69) is 41.0 Å². The second kappa shape index (κ2) is 7.20. The minimum Gasteiger partial charge on any atom is -0.393 e. The number of piperidine rings is 1. The average Bonchev–Trinajstić information content (AvgIpc) is 2.42. The van der Waals surface area contributed by atoms with Gasteiger partial charge in [0, 0.05) is 32.5 Å². The summed E-state index contributed by atoms with van der Waals surface area (Å²) in [6.07, 6.45) is 3.53. The molecule has 1 N–H and O–H groups in total. The van der Waals surface area contributed by atoms with Crippen LogP contribution in [0.15, 0.2) is 30.3 Å².